The van der Waals surface area contributed by atoms with Gasteiger partial charge in [-0.1, -0.05) is 0 Å². The molecule has 0 aliphatic carbocycles. The number of nitrogen functional groups attached to an aromatic ring is 2. The topological polar surface area (TPSA) is 102 Å². The van der Waals surface area contributed by atoms with Crippen molar-refractivity contribution in [3.8, 4) is 17.0 Å². The number of anilines is 3. The highest BCUT2D eigenvalue weighted by Gasteiger charge is 2.12. The van der Waals surface area contributed by atoms with Crippen molar-refractivity contribution in [3.05, 3.63) is 30.3 Å². The predicted molar refractivity (Wildman–Crippen MR) is 86.5 cm³/mol. The van der Waals surface area contributed by atoms with Crippen molar-refractivity contribution < 1.29 is 4.74 Å². The number of aromatic nitrogens is 2. The number of aromatic amines is 1. The summed E-state index contributed by atoms with van der Waals surface area (Å²) in [5, 5.41) is 4.12. The van der Waals surface area contributed by atoms with Gasteiger partial charge in [0.25, 0.3) is 0 Å². The van der Waals surface area contributed by atoms with Gasteiger partial charge in [-0.3, -0.25) is 0 Å². The Morgan fingerprint density at radius 3 is 2.71 bits per heavy atom. The molecule has 0 fully saturated rings. The molecule has 21 heavy (non-hydrogen) atoms. The van der Waals surface area contributed by atoms with Crippen LogP contribution in [0.5, 0.6) is 5.75 Å². The fourth-order valence-electron chi connectivity index (χ4n) is 2.44. The van der Waals surface area contributed by atoms with E-state index in [1.807, 2.05) is 24.3 Å². The lowest BCUT2D eigenvalue weighted by Gasteiger charge is -2.11. The fraction of sp³-hybridized carbons (Fsp3) is 0.133. The zero-order valence-corrected chi connectivity index (χ0v) is 11.9. The predicted octanol–water partition coefficient (Wildman–Crippen LogP) is 2.44. The monoisotopic (exact) mass is 283 g/mol. The molecule has 0 radical (unpaired) electrons. The Bertz CT molecular complexity index is 809. The molecule has 0 saturated heterocycles. The van der Waals surface area contributed by atoms with E-state index in [9.17, 15) is 0 Å². The number of hydrogen-bond donors (Lipinski definition) is 4. The summed E-state index contributed by atoms with van der Waals surface area (Å²) in [5.74, 6) is 1.58. The van der Waals surface area contributed by atoms with Crippen molar-refractivity contribution in [1.29, 1.82) is 0 Å². The molecule has 0 aliphatic heterocycles. The third-order valence-electron chi connectivity index (χ3n) is 3.44. The molecule has 6 nitrogen and oxygen atoms in total. The van der Waals surface area contributed by atoms with Crippen LogP contribution < -0.4 is 21.5 Å². The number of methoxy groups -OCH3 is 1. The van der Waals surface area contributed by atoms with Crippen molar-refractivity contribution in [2.75, 3.05) is 30.9 Å². The Morgan fingerprint density at radius 1 is 1.19 bits per heavy atom. The number of hydrogen-bond acceptors (Lipinski definition) is 5. The molecule has 2 aromatic heterocycles. The lowest BCUT2D eigenvalue weighted by Crippen LogP contribution is -2.03. The van der Waals surface area contributed by atoms with Crippen LogP contribution in [0.3, 0.4) is 0 Å². The smallest absolute Gasteiger partial charge is 0.149 e. The third-order valence-corrected chi connectivity index (χ3v) is 3.44. The van der Waals surface area contributed by atoms with Crippen molar-refractivity contribution in [2.24, 2.45) is 0 Å². The van der Waals surface area contributed by atoms with Gasteiger partial charge in [0.15, 0.2) is 0 Å². The van der Waals surface area contributed by atoms with Crippen molar-refractivity contribution in [2.45, 2.75) is 0 Å². The summed E-state index contributed by atoms with van der Waals surface area (Å²) in [6.45, 7) is 0. The van der Waals surface area contributed by atoms with Crippen molar-refractivity contribution >= 4 is 28.2 Å². The molecule has 3 rings (SSSR count). The summed E-state index contributed by atoms with van der Waals surface area (Å²) < 4.78 is 5.24. The van der Waals surface area contributed by atoms with Gasteiger partial charge < -0.3 is 26.5 Å². The van der Waals surface area contributed by atoms with Gasteiger partial charge in [0.05, 0.1) is 12.8 Å². The minimum atomic E-state index is 0.378. The highest BCUT2D eigenvalue weighted by atomic mass is 16.5. The molecule has 0 bridgehead atoms. The molecule has 2 heterocycles. The number of nitrogens with zero attached hydrogens (tertiary/aromatic N) is 1. The van der Waals surface area contributed by atoms with E-state index in [2.05, 4.69) is 15.3 Å². The molecule has 0 unspecified atom stereocenters. The first-order valence-electron chi connectivity index (χ1n) is 6.53. The maximum atomic E-state index is 5.92. The Kier molecular flexibility index (Phi) is 3.06. The zero-order chi connectivity index (χ0) is 15.0. The number of pyridine rings is 1. The summed E-state index contributed by atoms with van der Waals surface area (Å²) >= 11 is 0. The normalized spacial score (nSPS) is 10.8. The van der Waals surface area contributed by atoms with Crippen LogP contribution in [0.1, 0.15) is 0 Å². The van der Waals surface area contributed by atoms with Gasteiger partial charge in [0.1, 0.15) is 17.4 Å². The molecular weight excluding hydrogens is 266 g/mol. The van der Waals surface area contributed by atoms with E-state index >= 15 is 0 Å². The number of rotatable bonds is 3. The minimum Gasteiger partial charge on any atom is -0.497 e. The SMILES string of the molecule is CNc1c(-c2cc3cc(OC)ccc3[nH]2)cc(N)nc1N. The van der Waals surface area contributed by atoms with Gasteiger partial charge in [-0.2, -0.15) is 0 Å². The Hall–Kier alpha value is -2.89. The first-order valence-corrected chi connectivity index (χ1v) is 6.53. The van der Waals surface area contributed by atoms with Crippen LogP contribution in [0, 0.1) is 0 Å². The van der Waals surface area contributed by atoms with Crippen molar-refractivity contribution in [1.82, 2.24) is 9.97 Å². The molecule has 0 aliphatic rings. The molecule has 6 heteroatoms. The number of nitrogens with one attached hydrogen (secondary N) is 2. The highest BCUT2D eigenvalue weighted by molar-refractivity contribution is 5.92. The Labute approximate surface area is 122 Å². The summed E-state index contributed by atoms with van der Waals surface area (Å²) in [6, 6.07) is 9.70. The van der Waals surface area contributed by atoms with Crippen LogP contribution in [0.15, 0.2) is 30.3 Å². The van der Waals surface area contributed by atoms with Crippen LogP contribution in [0.25, 0.3) is 22.2 Å². The highest BCUT2D eigenvalue weighted by Crippen LogP contribution is 2.34. The number of ether oxygens (including phenoxy) is 1. The molecular formula is C15H17N5O. The Morgan fingerprint density at radius 2 is 2.00 bits per heavy atom. The molecule has 0 saturated carbocycles. The van der Waals surface area contributed by atoms with E-state index < -0.39 is 0 Å². The van der Waals surface area contributed by atoms with Gasteiger partial charge in [-0.05, 0) is 30.3 Å². The maximum Gasteiger partial charge on any atom is 0.149 e. The van der Waals surface area contributed by atoms with Gasteiger partial charge in [0.2, 0.25) is 0 Å². The summed E-state index contributed by atoms with van der Waals surface area (Å²) in [6.07, 6.45) is 0. The quantitative estimate of drug-likeness (QED) is 0.591. The maximum absolute atomic E-state index is 5.92. The second kappa shape index (κ2) is 4.90. The average Bonchev–Trinajstić information content (AvgIpc) is 2.89. The van der Waals surface area contributed by atoms with Crippen LogP contribution in [0.4, 0.5) is 17.3 Å². The van der Waals surface area contributed by atoms with Gasteiger partial charge in [-0.15, -0.1) is 0 Å². The largest absolute Gasteiger partial charge is 0.497 e. The van der Waals surface area contributed by atoms with E-state index in [4.69, 9.17) is 16.2 Å². The summed E-state index contributed by atoms with van der Waals surface area (Å²) in [7, 11) is 3.46. The van der Waals surface area contributed by atoms with E-state index in [0.29, 0.717) is 11.6 Å². The van der Waals surface area contributed by atoms with Gasteiger partial charge in [-0.25, -0.2) is 4.98 Å². The summed E-state index contributed by atoms with van der Waals surface area (Å²) in [4.78, 5) is 7.43. The molecule has 0 amide bonds. The van der Waals surface area contributed by atoms with Gasteiger partial charge in [0, 0.05) is 29.2 Å². The molecule has 0 atom stereocenters. The van der Waals surface area contributed by atoms with Crippen LogP contribution >= 0.6 is 0 Å². The summed E-state index contributed by atoms with van der Waals surface area (Å²) in [5.41, 5.74) is 15.3. The number of H-pyrrole nitrogens is 1. The van der Waals surface area contributed by atoms with Crippen LogP contribution in [-0.4, -0.2) is 24.1 Å². The average molecular weight is 283 g/mol. The number of fused-ring (bicyclic) bond motifs is 1. The molecule has 6 N–H and O–H groups in total. The van der Waals surface area contributed by atoms with Crippen LogP contribution in [0.2, 0.25) is 0 Å². The van der Waals surface area contributed by atoms with E-state index in [1.165, 1.54) is 0 Å². The first kappa shape index (κ1) is 13.1. The van der Waals surface area contributed by atoms with E-state index in [-0.39, 0.29) is 0 Å². The Balaban J connectivity index is 2.20. The second-order valence-electron chi connectivity index (χ2n) is 4.74. The minimum absolute atomic E-state index is 0.378. The molecule has 3 aromatic rings. The lowest BCUT2D eigenvalue weighted by atomic mass is 10.1. The standard InChI is InChI=1S/C15H17N5O/c1-18-14-10(7-13(16)20-15(14)17)12-6-8-5-9(21-2)3-4-11(8)19-12/h3-7,18-19H,1-2H3,(H4,16,17,20). The first-order chi connectivity index (χ1) is 10.1. The fourth-order valence-corrected chi connectivity index (χ4v) is 2.44. The molecule has 108 valence electrons. The van der Waals surface area contributed by atoms with Gasteiger partial charge >= 0.3 is 0 Å². The van der Waals surface area contributed by atoms with Crippen LogP contribution in [-0.2, 0) is 0 Å². The number of nitrogens with two attached hydrogens (primary N) is 2. The van der Waals surface area contributed by atoms with E-state index in [0.717, 1.165) is 33.6 Å². The molecule has 0 spiro atoms. The second-order valence-corrected chi connectivity index (χ2v) is 4.74. The zero-order valence-electron chi connectivity index (χ0n) is 11.9. The lowest BCUT2D eigenvalue weighted by molar-refractivity contribution is 0.415. The third kappa shape index (κ3) is 2.20. The van der Waals surface area contributed by atoms with Crippen molar-refractivity contribution in [3.63, 3.8) is 0 Å². The van der Waals surface area contributed by atoms with E-state index in [1.54, 1.807) is 20.2 Å². The molecule has 1 aromatic carbocycles. The number of benzene rings is 1.